The van der Waals surface area contributed by atoms with Gasteiger partial charge < -0.3 is 0 Å². The summed E-state index contributed by atoms with van der Waals surface area (Å²) in [5.41, 5.74) is 0. The summed E-state index contributed by atoms with van der Waals surface area (Å²) in [7, 11) is 0. The highest BCUT2D eigenvalue weighted by Gasteiger charge is 2.16. The highest BCUT2D eigenvalue weighted by molar-refractivity contribution is 7.81. The first-order chi connectivity index (χ1) is 6.12. The fourth-order valence-electron chi connectivity index (χ4n) is 1.62. The Morgan fingerprint density at radius 3 is 1.92 bits per heavy atom. The molecule has 0 bridgehead atoms. The molecule has 1 atom stereocenters. The van der Waals surface area contributed by atoms with Gasteiger partial charge in [-0.15, -0.1) is 0 Å². The van der Waals surface area contributed by atoms with E-state index >= 15 is 0 Å². The summed E-state index contributed by atoms with van der Waals surface area (Å²) >= 11 is 4.72. The standard InChI is InChI=1S/C12H26S/c1-4-6-8-9-11-12(3,13)10-7-5-2/h13H,4-11H2,1-3H3. The van der Waals surface area contributed by atoms with Crippen LogP contribution in [0.3, 0.4) is 0 Å². The van der Waals surface area contributed by atoms with Gasteiger partial charge in [0.2, 0.25) is 0 Å². The number of hydrogen-bond donors (Lipinski definition) is 1. The van der Waals surface area contributed by atoms with Crippen LogP contribution in [0.15, 0.2) is 0 Å². The van der Waals surface area contributed by atoms with E-state index in [9.17, 15) is 0 Å². The van der Waals surface area contributed by atoms with Crippen LogP contribution in [-0.4, -0.2) is 4.75 Å². The molecule has 0 rings (SSSR count). The Kier molecular flexibility index (Phi) is 7.93. The van der Waals surface area contributed by atoms with Gasteiger partial charge in [-0.05, 0) is 12.8 Å². The molecule has 0 aromatic carbocycles. The highest BCUT2D eigenvalue weighted by Crippen LogP contribution is 2.27. The zero-order valence-corrected chi connectivity index (χ0v) is 10.5. The first kappa shape index (κ1) is 13.4. The topological polar surface area (TPSA) is 0 Å². The van der Waals surface area contributed by atoms with Gasteiger partial charge in [-0.3, -0.25) is 0 Å². The third-order valence-electron chi connectivity index (χ3n) is 2.64. The summed E-state index contributed by atoms with van der Waals surface area (Å²) < 4.78 is 0.295. The summed E-state index contributed by atoms with van der Waals surface area (Å²) in [5.74, 6) is 0. The van der Waals surface area contributed by atoms with Gasteiger partial charge in [-0.2, -0.15) is 12.6 Å². The zero-order valence-electron chi connectivity index (χ0n) is 9.60. The molecule has 0 nitrogen and oxygen atoms in total. The van der Waals surface area contributed by atoms with Gasteiger partial charge in [-0.1, -0.05) is 59.3 Å². The van der Waals surface area contributed by atoms with Crippen molar-refractivity contribution in [1.82, 2.24) is 0 Å². The molecule has 0 saturated carbocycles. The average molecular weight is 202 g/mol. The van der Waals surface area contributed by atoms with Gasteiger partial charge in [0, 0.05) is 4.75 Å². The molecule has 1 heteroatoms. The van der Waals surface area contributed by atoms with Crippen molar-refractivity contribution in [2.45, 2.75) is 76.9 Å². The van der Waals surface area contributed by atoms with E-state index in [2.05, 4.69) is 20.8 Å². The van der Waals surface area contributed by atoms with Crippen molar-refractivity contribution >= 4 is 12.6 Å². The second kappa shape index (κ2) is 7.73. The summed E-state index contributed by atoms with van der Waals surface area (Å²) in [6.45, 7) is 6.80. The smallest absolute Gasteiger partial charge is 0.0101 e. The Hall–Kier alpha value is 0.350. The summed E-state index contributed by atoms with van der Waals surface area (Å²) in [5, 5.41) is 0. The van der Waals surface area contributed by atoms with Crippen molar-refractivity contribution in [3.63, 3.8) is 0 Å². The predicted molar refractivity (Wildman–Crippen MR) is 65.7 cm³/mol. The molecular weight excluding hydrogens is 176 g/mol. The molecule has 1 unspecified atom stereocenters. The fourth-order valence-corrected chi connectivity index (χ4v) is 1.93. The van der Waals surface area contributed by atoms with Crippen LogP contribution < -0.4 is 0 Å². The highest BCUT2D eigenvalue weighted by atomic mass is 32.1. The number of rotatable bonds is 8. The van der Waals surface area contributed by atoms with E-state index in [1.807, 2.05) is 0 Å². The second-order valence-corrected chi connectivity index (χ2v) is 5.49. The van der Waals surface area contributed by atoms with Crippen LogP contribution in [0.4, 0.5) is 0 Å². The first-order valence-electron chi connectivity index (χ1n) is 5.84. The van der Waals surface area contributed by atoms with Crippen molar-refractivity contribution in [1.29, 1.82) is 0 Å². The monoisotopic (exact) mass is 202 g/mol. The molecule has 0 heterocycles. The van der Waals surface area contributed by atoms with Crippen molar-refractivity contribution in [3.05, 3.63) is 0 Å². The van der Waals surface area contributed by atoms with E-state index < -0.39 is 0 Å². The third kappa shape index (κ3) is 8.67. The lowest BCUT2D eigenvalue weighted by Gasteiger charge is -2.23. The largest absolute Gasteiger partial charge is 0.173 e. The maximum atomic E-state index is 4.72. The van der Waals surface area contributed by atoms with Gasteiger partial charge >= 0.3 is 0 Å². The van der Waals surface area contributed by atoms with Crippen LogP contribution in [0.5, 0.6) is 0 Å². The Morgan fingerprint density at radius 1 is 0.846 bits per heavy atom. The SMILES string of the molecule is CCCCCCC(C)(S)CCCC. The van der Waals surface area contributed by atoms with Gasteiger partial charge in [-0.25, -0.2) is 0 Å². The minimum Gasteiger partial charge on any atom is -0.173 e. The van der Waals surface area contributed by atoms with Crippen LogP contribution in [0, 0.1) is 0 Å². The van der Waals surface area contributed by atoms with Crippen LogP contribution >= 0.6 is 12.6 Å². The predicted octanol–water partition coefficient (Wildman–Crippen LogP) is 4.84. The molecule has 0 N–H and O–H groups in total. The van der Waals surface area contributed by atoms with E-state index in [-0.39, 0.29) is 0 Å². The molecule has 0 aliphatic carbocycles. The number of hydrogen-bond acceptors (Lipinski definition) is 1. The second-order valence-electron chi connectivity index (χ2n) is 4.41. The van der Waals surface area contributed by atoms with E-state index in [1.165, 1.54) is 51.4 Å². The molecular formula is C12H26S. The Morgan fingerprint density at radius 2 is 1.38 bits per heavy atom. The molecule has 0 aromatic rings. The van der Waals surface area contributed by atoms with Gasteiger partial charge in [0.25, 0.3) is 0 Å². The maximum absolute atomic E-state index is 4.72. The van der Waals surface area contributed by atoms with Crippen molar-refractivity contribution in [2.24, 2.45) is 0 Å². The zero-order chi connectivity index (χ0) is 10.2. The van der Waals surface area contributed by atoms with E-state index in [4.69, 9.17) is 12.6 Å². The first-order valence-corrected chi connectivity index (χ1v) is 6.29. The lowest BCUT2D eigenvalue weighted by molar-refractivity contribution is 0.487. The fraction of sp³-hybridized carbons (Fsp3) is 1.00. The molecule has 0 aliphatic rings. The quantitative estimate of drug-likeness (QED) is 0.423. The van der Waals surface area contributed by atoms with Crippen LogP contribution in [0.2, 0.25) is 0 Å². The van der Waals surface area contributed by atoms with Crippen molar-refractivity contribution in [2.75, 3.05) is 0 Å². The van der Waals surface area contributed by atoms with Crippen molar-refractivity contribution in [3.8, 4) is 0 Å². The molecule has 0 fully saturated rings. The van der Waals surface area contributed by atoms with Gasteiger partial charge in [0.15, 0.2) is 0 Å². The Bertz CT molecular complexity index is 108. The lowest BCUT2D eigenvalue weighted by Crippen LogP contribution is -2.15. The molecule has 0 aliphatic heterocycles. The average Bonchev–Trinajstić information content (AvgIpc) is 2.09. The van der Waals surface area contributed by atoms with Crippen LogP contribution in [0.25, 0.3) is 0 Å². The molecule has 0 radical (unpaired) electrons. The molecule has 0 aromatic heterocycles. The van der Waals surface area contributed by atoms with E-state index in [0.29, 0.717) is 4.75 Å². The van der Waals surface area contributed by atoms with E-state index in [0.717, 1.165) is 0 Å². The maximum Gasteiger partial charge on any atom is 0.0101 e. The molecule has 13 heavy (non-hydrogen) atoms. The van der Waals surface area contributed by atoms with Gasteiger partial charge in [0.05, 0.1) is 0 Å². The normalized spacial score (nSPS) is 15.7. The summed E-state index contributed by atoms with van der Waals surface area (Å²) in [6.07, 6.45) is 10.7. The minimum atomic E-state index is 0.295. The molecule has 0 spiro atoms. The third-order valence-corrected chi connectivity index (χ3v) is 3.09. The molecule has 80 valence electrons. The summed E-state index contributed by atoms with van der Waals surface area (Å²) in [4.78, 5) is 0. The molecule has 0 amide bonds. The van der Waals surface area contributed by atoms with Gasteiger partial charge in [0.1, 0.15) is 0 Å². The number of unbranched alkanes of at least 4 members (excludes halogenated alkanes) is 4. The molecule has 0 saturated heterocycles. The lowest BCUT2D eigenvalue weighted by atomic mass is 9.96. The Balaban J connectivity index is 3.39. The van der Waals surface area contributed by atoms with E-state index in [1.54, 1.807) is 0 Å². The number of thiol groups is 1. The summed E-state index contributed by atoms with van der Waals surface area (Å²) in [6, 6.07) is 0. The minimum absolute atomic E-state index is 0.295. The van der Waals surface area contributed by atoms with Crippen molar-refractivity contribution < 1.29 is 0 Å². The van der Waals surface area contributed by atoms with Crippen LogP contribution in [-0.2, 0) is 0 Å². The Labute approximate surface area is 89.9 Å². The van der Waals surface area contributed by atoms with Crippen LogP contribution in [0.1, 0.15) is 72.1 Å².